The molecule has 0 aliphatic rings. The predicted octanol–water partition coefficient (Wildman–Crippen LogP) is 2.50. The van der Waals surface area contributed by atoms with Crippen LogP contribution in [-0.4, -0.2) is 13.1 Å². The van der Waals surface area contributed by atoms with Gasteiger partial charge in [0, 0.05) is 30.2 Å². The summed E-state index contributed by atoms with van der Waals surface area (Å²) < 4.78 is 0. The molecule has 0 saturated carbocycles. The number of rotatable bonds is 3. The average Bonchev–Trinajstić information content (AvgIpc) is 2.30. The summed E-state index contributed by atoms with van der Waals surface area (Å²) in [6, 6.07) is 8.71. The summed E-state index contributed by atoms with van der Waals surface area (Å²) in [6.07, 6.45) is 4.00. The lowest BCUT2D eigenvalue weighted by atomic mass is 10.1. The monoisotopic (exact) mass is 201 g/mol. The molecule has 0 spiro atoms. The summed E-state index contributed by atoms with van der Waals surface area (Å²) >= 11 is 0. The van der Waals surface area contributed by atoms with Crippen LogP contribution in [0.4, 0.5) is 5.69 Å². The highest BCUT2D eigenvalue weighted by Gasteiger charge is 2.03. The Balaban J connectivity index is 2.46. The van der Waals surface area contributed by atoms with Gasteiger partial charge in [-0.15, -0.1) is 0 Å². The summed E-state index contributed by atoms with van der Waals surface area (Å²) in [7, 11) is 0. The lowest BCUT2D eigenvalue weighted by molar-refractivity contribution is -0.375. The van der Waals surface area contributed by atoms with Crippen molar-refractivity contribution in [3.05, 3.63) is 36.7 Å². The normalized spacial score (nSPS) is 10.5. The van der Waals surface area contributed by atoms with Gasteiger partial charge in [-0.3, -0.25) is 0 Å². The first-order valence-electron chi connectivity index (χ1n) is 5.50. The number of hydrogen-bond acceptors (Lipinski definition) is 1. The van der Waals surface area contributed by atoms with Crippen LogP contribution in [0.15, 0.2) is 36.7 Å². The van der Waals surface area contributed by atoms with Crippen LogP contribution in [0.1, 0.15) is 13.8 Å². The van der Waals surface area contributed by atoms with E-state index in [4.69, 9.17) is 0 Å². The highest BCUT2D eigenvalue weighted by atomic mass is 15.1. The van der Waals surface area contributed by atoms with Crippen LogP contribution >= 0.6 is 0 Å². The summed E-state index contributed by atoms with van der Waals surface area (Å²) in [5.41, 5.74) is 1.30. The van der Waals surface area contributed by atoms with Gasteiger partial charge in [-0.1, -0.05) is 0 Å². The molecule has 2 nitrogen and oxygen atoms in total. The van der Waals surface area contributed by atoms with Crippen molar-refractivity contribution in [2.24, 2.45) is 0 Å². The zero-order valence-corrected chi connectivity index (χ0v) is 9.33. The Kier molecular flexibility index (Phi) is 2.86. The maximum Gasteiger partial charge on any atom is 0.174 e. The fourth-order valence-corrected chi connectivity index (χ4v) is 1.90. The highest BCUT2D eigenvalue weighted by molar-refractivity contribution is 5.84. The number of benzene rings is 1. The van der Waals surface area contributed by atoms with Crippen LogP contribution < -0.4 is 9.88 Å². The van der Waals surface area contributed by atoms with E-state index in [1.807, 2.05) is 12.4 Å². The van der Waals surface area contributed by atoms with Crippen LogP contribution in [0.25, 0.3) is 10.8 Å². The summed E-state index contributed by atoms with van der Waals surface area (Å²) in [5, 5.41) is 2.55. The number of aromatic amines is 1. The van der Waals surface area contributed by atoms with E-state index >= 15 is 0 Å². The van der Waals surface area contributed by atoms with Crippen LogP contribution in [0.2, 0.25) is 0 Å². The zero-order valence-electron chi connectivity index (χ0n) is 9.33. The van der Waals surface area contributed by atoms with Crippen molar-refractivity contribution in [2.45, 2.75) is 13.8 Å². The Labute approximate surface area is 90.6 Å². The number of H-pyrrole nitrogens is 1. The number of pyridine rings is 1. The third-order valence-corrected chi connectivity index (χ3v) is 2.80. The first-order valence-corrected chi connectivity index (χ1v) is 5.50. The van der Waals surface area contributed by atoms with Crippen molar-refractivity contribution in [3.63, 3.8) is 0 Å². The Bertz CT molecular complexity index is 447. The minimum absolute atomic E-state index is 1.06. The van der Waals surface area contributed by atoms with E-state index < -0.39 is 0 Å². The van der Waals surface area contributed by atoms with E-state index in [1.54, 1.807) is 0 Å². The fraction of sp³-hybridized carbons (Fsp3) is 0.308. The lowest BCUT2D eigenvalue weighted by Gasteiger charge is -2.21. The molecule has 1 aromatic heterocycles. The molecule has 1 aromatic carbocycles. The second-order valence-electron chi connectivity index (χ2n) is 3.63. The molecule has 0 aliphatic heterocycles. The molecule has 15 heavy (non-hydrogen) atoms. The Morgan fingerprint density at radius 1 is 1.07 bits per heavy atom. The SMILES string of the molecule is CCN(CC)c1ccc2c[nH+]ccc2c1. The molecule has 0 radical (unpaired) electrons. The van der Waals surface area contributed by atoms with Gasteiger partial charge in [0.25, 0.3) is 0 Å². The highest BCUT2D eigenvalue weighted by Crippen LogP contribution is 2.20. The standard InChI is InChI=1S/C13H16N2/c1-3-15(4-2)13-6-5-12-10-14-8-7-11(12)9-13/h5-10H,3-4H2,1-2H3/p+1. The van der Waals surface area contributed by atoms with Crippen molar-refractivity contribution in [3.8, 4) is 0 Å². The number of aromatic nitrogens is 1. The summed E-state index contributed by atoms with van der Waals surface area (Å²) in [4.78, 5) is 5.46. The second-order valence-corrected chi connectivity index (χ2v) is 3.63. The van der Waals surface area contributed by atoms with Crippen molar-refractivity contribution in [1.29, 1.82) is 0 Å². The molecule has 0 unspecified atom stereocenters. The van der Waals surface area contributed by atoms with Crippen LogP contribution in [-0.2, 0) is 0 Å². The van der Waals surface area contributed by atoms with E-state index in [2.05, 4.69) is 48.0 Å². The van der Waals surface area contributed by atoms with E-state index in [9.17, 15) is 0 Å². The largest absolute Gasteiger partial charge is 0.372 e. The third kappa shape index (κ3) is 1.94. The maximum atomic E-state index is 3.10. The second kappa shape index (κ2) is 4.30. The van der Waals surface area contributed by atoms with Crippen LogP contribution in [0.5, 0.6) is 0 Å². The number of nitrogens with one attached hydrogen (secondary N) is 1. The quantitative estimate of drug-likeness (QED) is 0.746. The van der Waals surface area contributed by atoms with Gasteiger partial charge in [0.2, 0.25) is 0 Å². The van der Waals surface area contributed by atoms with Gasteiger partial charge in [-0.05, 0) is 37.4 Å². The Morgan fingerprint density at radius 3 is 2.60 bits per heavy atom. The van der Waals surface area contributed by atoms with Crippen molar-refractivity contribution >= 4 is 16.5 Å². The van der Waals surface area contributed by atoms with E-state index in [-0.39, 0.29) is 0 Å². The molecule has 0 atom stereocenters. The molecule has 2 heteroatoms. The summed E-state index contributed by atoms with van der Waals surface area (Å²) in [5.74, 6) is 0. The molecule has 2 aromatic rings. The minimum atomic E-state index is 1.06. The summed E-state index contributed by atoms with van der Waals surface area (Å²) in [6.45, 7) is 6.49. The number of hydrogen-bond donors (Lipinski definition) is 0. The molecule has 0 fully saturated rings. The van der Waals surface area contributed by atoms with Gasteiger partial charge in [-0.2, -0.15) is 0 Å². The van der Waals surface area contributed by atoms with Gasteiger partial charge >= 0.3 is 0 Å². The molecular weight excluding hydrogens is 184 g/mol. The lowest BCUT2D eigenvalue weighted by Crippen LogP contribution is -2.21. The van der Waals surface area contributed by atoms with Gasteiger partial charge in [-0.25, -0.2) is 4.98 Å². The number of fused-ring (bicyclic) bond motifs is 1. The molecule has 1 heterocycles. The van der Waals surface area contributed by atoms with Gasteiger partial charge in [0.15, 0.2) is 12.4 Å². The minimum Gasteiger partial charge on any atom is -0.372 e. The maximum absolute atomic E-state index is 3.10. The molecular formula is C13H17N2+. The van der Waals surface area contributed by atoms with Gasteiger partial charge in [0.1, 0.15) is 0 Å². The van der Waals surface area contributed by atoms with Gasteiger partial charge < -0.3 is 4.90 Å². The van der Waals surface area contributed by atoms with E-state index in [0.29, 0.717) is 0 Å². The Morgan fingerprint density at radius 2 is 1.87 bits per heavy atom. The van der Waals surface area contributed by atoms with Crippen molar-refractivity contribution < 1.29 is 4.98 Å². The Hall–Kier alpha value is -1.57. The van der Waals surface area contributed by atoms with Crippen LogP contribution in [0.3, 0.4) is 0 Å². The molecule has 0 aliphatic carbocycles. The van der Waals surface area contributed by atoms with Crippen molar-refractivity contribution in [1.82, 2.24) is 0 Å². The molecule has 0 amide bonds. The first-order chi connectivity index (χ1) is 7.35. The molecule has 2 rings (SSSR count). The van der Waals surface area contributed by atoms with Crippen molar-refractivity contribution in [2.75, 3.05) is 18.0 Å². The number of nitrogens with zero attached hydrogens (tertiary/aromatic N) is 1. The molecule has 0 bridgehead atoms. The predicted molar refractivity (Wildman–Crippen MR) is 64.1 cm³/mol. The number of anilines is 1. The molecule has 1 N–H and O–H groups in total. The zero-order chi connectivity index (χ0) is 10.7. The topological polar surface area (TPSA) is 17.4 Å². The van der Waals surface area contributed by atoms with E-state index in [1.165, 1.54) is 16.5 Å². The van der Waals surface area contributed by atoms with Crippen LogP contribution in [0, 0.1) is 0 Å². The third-order valence-electron chi connectivity index (χ3n) is 2.80. The molecule has 78 valence electrons. The van der Waals surface area contributed by atoms with Gasteiger partial charge in [0.05, 0.1) is 0 Å². The first kappa shape index (κ1) is 9.97. The molecule has 0 saturated heterocycles. The smallest absolute Gasteiger partial charge is 0.174 e. The van der Waals surface area contributed by atoms with E-state index in [0.717, 1.165) is 13.1 Å². The average molecular weight is 201 g/mol. The fourth-order valence-electron chi connectivity index (χ4n) is 1.90.